The van der Waals surface area contributed by atoms with Crippen molar-refractivity contribution >= 4 is 21.6 Å². The minimum absolute atomic E-state index is 0.171. The van der Waals surface area contributed by atoms with Crippen LogP contribution in [-0.4, -0.2) is 62.8 Å². The lowest BCUT2D eigenvalue weighted by atomic mass is 9.70. The number of halogens is 1. The van der Waals surface area contributed by atoms with Crippen molar-refractivity contribution in [3.8, 4) is 0 Å². The van der Waals surface area contributed by atoms with E-state index in [-0.39, 0.29) is 16.5 Å². The SMILES string of the molecule is O=S(=O)(NCC1CCN(CC2CCCO2)CC1)C1CCCC2C(Cl)CCCC21. The summed E-state index contributed by atoms with van der Waals surface area (Å²) in [5, 5.41) is -0.0580. The molecule has 0 bridgehead atoms. The zero-order valence-corrected chi connectivity index (χ0v) is 18.6. The Morgan fingerprint density at radius 1 is 0.929 bits per heavy atom. The molecule has 5 unspecified atom stereocenters. The van der Waals surface area contributed by atoms with Gasteiger partial charge in [0.25, 0.3) is 0 Å². The zero-order valence-electron chi connectivity index (χ0n) is 17.0. The molecule has 0 aromatic carbocycles. The van der Waals surface area contributed by atoms with Crippen molar-refractivity contribution in [1.29, 1.82) is 0 Å². The third kappa shape index (κ3) is 5.05. The number of hydrogen-bond donors (Lipinski definition) is 1. The molecule has 5 atom stereocenters. The van der Waals surface area contributed by atoms with Gasteiger partial charge >= 0.3 is 0 Å². The number of piperidine rings is 1. The summed E-state index contributed by atoms with van der Waals surface area (Å²) in [6.45, 7) is 4.69. The van der Waals surface area contributed by atoms with E-state index in [1.165, 1.54) is 12.8 Å². The summed E-state index contributed by atoms with van der Waals surface area (Å²) >= 11 is 6.55. The van der Waals surface area contributed by atoms with E-state index < -0.39 is 10.0 Å². The minimum Gasteiger partial charge on any atom is -0.377 e. The van der Waals surface area contributed by atoms with E-state index in [0.717, 1.165) is 77.6 Å². The Labute approximate surface area is 176 Å². The van der Waals surface area contributed by atoms with Crippen LogP contribution in [0.25, 0.3) is 0 Å². The number of fused-ring (bicyclic) bond motifs is 1. The predicted octanol–water partition coefficient (Wildman–Crippen LogP) is 3.37. The maximum absolute atomic E-state index is 13.1. The van der Waals surface area contributed by atoms with Gasteiger partial charge in [0, 0.05) is 25.1 Å². The van der Waals surface area contributed by atoms with Gasteiger partial charge < -0.3 is 9.64 Å². The molecule has 28 heavy (non-hydrogen) atoms. The molecule has 2 saturated heterocycles. The van der Waals surface area contributed by atoms with Gasteiger partial charge in [-0.2, -0.15) is 0 Å². The molecule has 5 nitrogen and oxygen atoms in total. The van der Waals surface area contributed by atoms with Crippen LogP contribution in [0.2, 0.25) is 0 Å². The molecule has 2 saturated carbocycles. The maximum Gasteiger partial charge on any atom is 0.214 e. The summed E-state index contributed by atoms with van der Waals surface area (Å²) in [6, 6.07) is 0. The fourth-order valence-electron chi connectivity index (χ4n) is 6.05. The van der Waals surface area contributed by atoms with Crippen LogP contribution in [-0.2, 0) is 14.8 Å². The fraction of sp³-hybridized carbons (Fsp3) is 1.00. The number of likely N-dealkylation sites (tertiary alicyclic amines) is 1. The summed E-state index contributed by atoms with van der Waals surface area (Å²) in [7, 11) is -3.25. The molecule has 0 aromatic heterocycles. The Hall–Kier alpha value is 0.120. The Kier molecular flexibility index (Phi) is 7.25. The molecule has 162 valence electrons. The maximum atomic E-state index is 13.1. The van der Waals surface area contributed by atoms with E-state index in [2.05, 4.69) is 9.62 Å². The van der Waals surface area contributed by atoms with Gasteiger partial charge in [0.2, 0.25) is 10.0 Å². The predicted molar refractivity (Wildman–Crippen MR) is 113 cm³/mol. The number of nitrogens with zero attached hydrogens (tertiary/aromatic N) is 1. The lowest BCUT2D eigenvalue weighted by molar-refractivity contribution is 0.0602. The summed E-state index contributed by atoms with van der Waals surface area (Å²) in [5.74, 6) is 1.12. The number of rotatable bonds is 6. The van der Waals surface area contributed by atoms with Crippen molar-refractivity contribution in [1.82, 2.24) is 9.62 Å². The quantitative estimate of drug-likeness (QED) is 0.653. The third-order valence-electron chi connectivity index (χ3n) is 7.70. The van der Waals surface area contributed by atoms with E-state index in [0.29, 0.717) is 24.5 Å². The van der Waals surface area contributed by atoms with Crippen LogP contribution in [0, 0.1) is 17.8 Å². The smallest absolute Gasteiger partial charge is 0.214 e. The van der Waals surface area contributed by atoms with E-state index in [1.54, 1.807) is 0 Å². The minimum atomic E-state index is -3.25. The first-order chi connectivity index (χ1) is 13.5. The zero-order chi connectivity index (χ0) is 19.6. The molecule has 2 aliphatic carbocycles. The third-order valence-corrected chi connectivity index (χ3v) is 10.2. The standard InChI is InChI=1S/C21H37ClN2O3S/c22-20-7-1-6-19-18(20)5-2-8-21(19)28(25,26)23-14-16-9-11-24(12-10-16)15-17-4-3-13-27-17/h16-21,23H,1-15H2. The summed E-state index contributed by atoms with van der Waals surface area (Å²) in [6.07, 6.45) is 11.0. The van der Waals surface area contributed by atoms with Gasteiger partial charge in [-0.1, -0.05) is 12.8 Å². The molecule has 4 rings (SSSR count). The van der Waals surface area contributed by atoms with E-state index in [4.69, 9.17) is 16.3 Å². The molecule has 4 aliphatic rings. The molecule has 7 heteroatoms. The molecule has 2 heterocycles. The van der Waals surface area contributed by atoms with Crippen molar-refractivity contribution in [3.63, 3.8) is 0 Å². The van der Waals surface area contributed by atoms with Crippen molar-refractivity contribution in [2.45, 2.75) is 80.9 Å². The van der Waals surface area contributed by atoms with Gasteiger partial charge in [0.1, 0.15) is 0 Å². The largest absolute Gasteiger partial charge is 0.377 e. The first kappa shape index (κ1) is 21.4. The van der Waals surface area contributed by atoms with Crippen LogP contribution < -0.4 is 4.72 Å². The molecule has 0 aromatic rings. The first-order valence-corrected chi connectivity index (χ1v) is 13.5. The Morgan fingerprint density at radius 2 is 1.68 bits per heavy atom. The second kappa shape index (κ2) is 9.51. The Balaban J connectivity index is 1.25. The number of hydrogen-bond acceptors (Lipinski definition) is 4. The number of alkyl halides is 1. The lowest BCUT2D eigenvalue weighted by Gasteiger charge is -2.43. The summed E-state index contributed by atoms with van der Waals surface area (Å²) in [5.41, 5.74) is 0. The normalized spacial score (nSPS) is 38.4. The summed E-state index contributed by atoms with van der Waals surface area (Å²) in [4.78, 5) is 2.50. The van der Waals surface area contributed by atoms with Crippen LogP contribution >= 0.6 is 11.6 Å². The lowest BCUT2D eigenvalue weighted by Crippen LogP contribution is -2.49. The van der Waals surface area contributed by atoms with Crippen LogP contribution in [0.5, 0.6) is 0 Å². The molecule has 0 spiro atoms. The fourth-order valence-corrected chi connectivity index (χ4v) is 8.47. The highest BCUT2D eigenvalue weighted by molar-refractivity contribution is 7.90. The molecular formula is C21H37ClN2O3S. The van der Waals surface area contributed by atoms with Crippen LogP contribution in [0.3, 0.4) is 0 Å². The van der Waals surface area contributed by atoms with E-state index >= 15 is 0 Å². The average molecular weight is 433 g/mol. The second-order valence-electron chi connectivity index (χ2n) is 9.52. The van der Waals surface area contributed by atoms with Crippen molar-refractivity contribution in [2.75, 3.05) is 32.8 Å². The van der Waals surface area contributed by atoms with Gasteiger partial charge in [-0.3, -0.25) is 0 Å². The van der Waals surface area contributed by atoms with Crippen LogP contribution in [0.1, 0.15) is 64.2 Å². The first-order valence-electron chi connectivity index (χ1n) is 11.5. The number of sulfonamides is 1. The van der Waals surface area contributed by atoms with Gasteiger partial charge in [-0.25, -0.2) is 13.1 Å². The Bertz CT molecular complexity index is 603. The van der Waals surface area contributed by atoms with Gasteiger partial charge in [-0.05, 0) is 82.2 Å². The number of nitrogens with one attached hydrogen (secondary N) is 1. The molecule has 0 amide bonds. The second-order valence-corrected chi connectivity index (χ2v) is 12.1. The van der Waals surface area contributed by atoms with Crippen molar-refractivity contribution in [3.05, 3.63) is 0 Å². The summed E-state index contributed by atoms with van der Waals surface area (Å²) < 4.78 is 35.0. The highest BCUT2D eigenvalue weighted by atomic mass is 35.5. The molecule has 4 fully saturated rings. The monoisotopic (exact) mass is 432 g/mol. The van der Waals surface area contributed by atoms with Crippen molar-refractivity contribution in [2.24, 2.45) is 17.8 Å². The van der Waals surface area contributed by atoms with Crippen LogP contribution in [0.4, 0.5) is 0 Å². The number of ether oxygens (including phenoxy) is 1. The highest BCUT2D eigenvalue weighted by Gasteiger charge is 2.44. The average Bonchev–Trinajstić information content (AvgIpc) is 3.20. The Morgan fingerprint density at radius 3 is 2.43 bits per heavy atom. The molecule has 1 N–H and O–H groups in total. The van der Waals surface area contributed by atoms with Crippen LogP contribution in [0.15, 0.2) is 0 Å². The topological polar surface area (TPSA) is 58.6 Å². The van der Waals surface area contributed by atoms with E-state index in [9.17, 15) is 8.42 Å². The van der Waals surface area contributed by atoms with Crippen molar-refractivity contribution < 1.29 is 13.2 Å². The van der Waals surface area contributed by atoms with Gasteiger partial charge in [-0.15, -0.1) is 11.6 Å². The molecular weight excluding hydrogens is 396 g/mol. The highest BCUT2D eigenvalue weighted by Crippen LogP contribution is 2.45. The van der Waals surface area contributed by atoms with Gasteiger partial charge in [0.15, 0.2) is 0 Å². The van der Waals surface area contributed by atoms with Gasteiger partial charge in [0.05, 0.1) is 11.4 Å². The molecule has 0 radical (unpaired) electrons. The molecule has 2 aliphatic heterocycles. The van der Waals surface area contributed by atoms with E-state index in [1.807, 2.05) is 0 Å².